The number of carbonyl (C=O) groups excluding carboxylic acids is 1. The normalized spacial score (nSPS) is 12.0. The Morgan fingerprint density at radius 3 is 2.75 bits per heavy atom. The number of imidazole rings is 1. The highest BCUT2D eigenvalue weighted by atomic mass is 35.5. The van der Waals surface area contributed by atoms with E-state index in [1.165, 1.54) is 0 Å². The number of benzene rings is 1. The van der Waals surface area contributed by atoms with E-state index in [2.05, 4.69) is 4.98 Å². The third-order valence-corrected chi connectivity index (χ3v) is 3.73. The van der Waals surface area contributed by atoms with Gasteiger partial charge in [0.05, 0.1) is 10.5 Å². The molecule has 1 amide bonds. The van der Waals surface area contributed by atoms with Crippen molar-refractivity contribution in [2.75, 3.05) is 5.88 Å². The summed E-state index contributed by atoms with van der Waals surface area (Å²) in [7, 11) is 0. The molecule has 0 spiro atoms. The molecular formula is C14H17Cl2N3O. The number of nitrogens with zero attached hydrogens (tertiary/aromatic N) is 2. The summed E-state index contributed by atoms with van der Waals surface area (Å²) >= 11 is 12.1. The fourth-order valence-corrected chi connectivity index (χ4v) is 2.93. The maximum atomic E-state index is 11.3. The van der Waals surface area contributed by atoms with Gasteiger partial charge in [0.15, 0.2) is 0 Å². The largest absolute Gasteiger partial charge is 0.370 e. The molecule has 0 aliphatic rings. The summed E-state index contributed by atoms with van der Waals surface area (Å²) in [5.41, 5.74) is 6.50. The number of aryl methyl sites for hydroxylation is 1. The number of halogens is 2. The predicted octanol–water partition coefficient (Wildman–Crippen LogP) is 3.08. The molecule has 6 heteroatoms. The summed E-state index contributed by atoms with van der Waals surface area (Å²) < 4.78 is 2.02. The van der Waals surface area contributed by atoms with Gasteiger partial charge in [0.2, 0.25) is 5.91 Å². The van der Waals surface area contributed by atoms with Crippen molar-refractivity contribution in [3.8, 4) is 0 Å². The lowest BCUT2D eigenvalue weighted by molar-refractivity contribution is -0.119. The highest BCUT2D eigenvalue weighted by molar-refractivity contribution is 6.34. The van der Waals surface area contributed by atoms with Gasteiger partial charge in [-0.1, -0.05) is 17.7 Å². The van der Waals surface area contributed by atoms with Crippen LogP contribution in [0.15, 0.2) is 18.2 Å². The van der Waals surface area contributed by atoms with Gasteiger partial charge in [0, 0.05) is 24.3 Å². The van der Waals surface area contributed by atoms with Crippen molar-refractivity contribution in [2.45, 2.75) is 32.2 Å². The van der Waals surface area contributed by atoms with Crippen LogP contribution >= 0.6 is 23.2 Å². The number of para-hydroxylation sites is 1. The van der Waals surface area contributed by atoms with Gasteiger partial charge in [-0.25, -0.2) is 4.98 Å². The van der Waals surface area contributed by atoms with Crippen LogP contribution in [0.25, 0.3) is 11.0 Å². The molecule has 0 saturated heterocycles. The Morgan fingerprint density at radius 2 is 2.15 bits per heavy atom. The summed E-state index contributed by atoms with van der Waals surface area (Å²) in [4.78, 5) is 15.9. The third kappa shape index (κ3) is 2.76. The third-order valence-electron chi connectivity index (χ3n) is 3.24. The SMILES string of the molecule is CC(C)(CC(N)=O)n1c(CCCl)nc2c(Cl)cccc21. The molecule has 20 heavy (non-hydrogen) atoms. The summed E-state index contributed by atoms with van der Waals surface area (Å²) in [5, 5.41) is 0.590. The zero-order chi connectivity index (χ0) is 14.9. The minimum Gasteiger partial charge on any atom is -0.370 e. The van der Waals surface area contributed by atoms with E-state index in [0.717, 1.165) is 16.9 Å². The zero-order valence-electron chi connectivity index (χ0n) is 11.5. The lowest BCUT2D eigenvalue weighted by atomic mass is 9.99. The lowest BCUT2D eigenvalue weighted by Crippen LogP contribution is -2.33. The van der Waals surface area contributed by atoms with Crippen molar-refractivity contribution >= 4 is 40.1 Å². The second-order valence-electron chi connectivity index (χ2n) is 5.37. The molecule has 2 rings (SSSR count). The Bertz CT molecular complexity index is 649. The quantitative estimate of drug-likeness (QED) is 0.862. The van der Waals surface area contributed by atoms with Crippen LogP contribution in [0.1, 0.15) is 26.1 Å². The molecule has 0 saturated carbocycles. The van der Waals surface area contributed by atoms with Crippen LogP contribution in [-0.2, 0) is 16.8 Å². The molecule has 2 aromatic rings. The molecular weight excluding hydrogens is 297 g/mol. The van der Waals surface area contributed by atoms with Crippen molar-refractivity contribution in [3.63, 3.8) is 0 Å². The first kappa shape index (κ1) is 15.1. The van der Waals surface area contributed by atoms with Gasteiger partial charge < -0.3 is 10.3 Å². The lowest BCUT2D eigenvalue weighted by Gasteiger charge is -2.28. The van der Waals surface area contributed by atoms with Gasteiger partial charge in [-0.2, -0.15) is 0 Å². The predicted molar refractivity (Wildman–Crippen MR) is 82.3 cm³/mol. The number of amides is 1. The average molecular weight is 314 g/mol. The van der Waals surface area contributed by atoms with Crippen LogP contribution in [0.5, 0.6) is 0 Å². The van der Waals surface area contributed by atoms with E-state index in [4.69, 9.17) is 28.9 Å². The van der Waals surface area contributed by atoms with Crippen LogP contribution in [0, 0.1) is 0 Å². The fraction of sp³-hybridized carbons (Fsp3) is 0.429. The van der Waals surface area contributed by atoms with Gasteiger partial charge >= 0.3 is 0 Å². The van der Waals surface area contributed by atoms with Crippen LogP contribution in [0.2, 0.25) is 5.02 Å². The Hall–Kier alpha value is -1.26. The summed E-state index contributed by atoms with van der Waals surface area (Å²) in [6.07, 6.45) is 0.828. The number of rotatable bonds is 5. The number of alkyl halides is 1. The monoisotopic (exact) mass is 313 g/mol. The second-order valence-corrected chi connectivity index (χ2v) is 6.15. The molecule has 0 atom stereocenters. The molecule has 0 bridgehead atoms. The maximum Gasteiger partial charge on any atom is 0.219 e. The Morgan fingerprint density at radius 1 is 1.45 bits per heavy atom. The number of carbonyl (C=O) groups is 1. The van der Waals surface area contributed by atoms with E-state index >= 15 is 0 Å². The van der Waals surface area contributed by atoms with Crippen LogP contribution in [0.4, 0.5) is 0 Å². The Labute approximate surface area is 127 Å². The first-order valence-corrected chi connectivity index (χ1v) is 7.28. The van der Waals surface area contributed by atoms with Gasteiger partial charge in [0.1, 0.15) is 11.3 Å². The Kier molecular flexibility index (Phi) is 4.25. The van der Waals surface area contributed by atoms with Gasteiger partial charge in [-0.3, -0.25) is 4.79 Å². The number of hydrogen-bond donors (Lipinski definition) is 1. The van der Waals surface area contributed by atoms with E-state index in [1.54, 1.807) is 6.07 Å². The molecule has 1 aromatic carbocycles. The molecule has 4 nitrogen and oxygen atoms in total. The van der Waals surface area contributed by atoms with Gasteiger partial charge in [0.25, 0.3) is 0 Å². The molecule has 1 heterocycles. The highest BCUT2D eigenvalue weighted by Gasteiger charge is 2.28. The first-order chi connectivity index (χ1) is 9.36. The van der Waals surface area contributed by atoms with Crippen LogP contribution in [0.3, 0.4) is 0 Å². The summed E-state index contributed by atoms with van der Waals surface area (Å²) in [5.74, 6) is 0.915. The zero-order valence-corrected chi connectivity index (χ0v) is 13.0. The van der Waals surface area contributed by atoms with E-state index < -0.39 is 5.54 Å². The maximum absolute atomic E-state index is 11.3. The molecule has 2 N–H and O–H groups in total. The van der Waals surface area contributed by atoms with E-state index in [1.807, 2.05) is 30.5 Å². The van der Waals surface area contributed by atoms with E-state index in [9.17, 15) is 4.79 Å². The molecule has 108 valence electrons. The standard InChI is InChI=1S/C14H17Cl2N3O/c1-14(2,8-11(17)20)19-10-5-3-4-9(16)13(10)18-12(19)6-7-15/h3-5H,6-8H2,1-2H3,(H2,17,20). The molecule has 0 fully saturated rings. The number of fused-ring (bicyclic) bond motifs is 1. The number of aromatic nitrogens is 2. The smallest absolute Gasteiger partial charge is 0.219 e. The van der Waals surface area contributed by atoms with Gasteiger partial charge in [-0.05, 0) is 26.0 Å². The average Bonchev–Trinajstić information content (AvgIpc) is 2.68. The molecule has 0 radical (unpaired) electrons. The number of primary amides is 1. The fourth-order valence-electron chi connectivity index (χ4n) is 2.55. The summed E-state index contributed by atoms with van der Waals surface area (Å²) in [6.45, 7) is 3.91. The molecule has 0 aliphatic heterocycles. The number of hydrogen-bond acceptors (Lipinski definition) is 2. The Balaban J connectivity index is 2.68. The minimum atomic E-state index is -0.480. The van der Waals surface area contributed by atoms with Crippen molar-refractivity contribution < 1.29 is 4.79 Å². The van der Waals surface area contributed by atoms with Crippen molar-refractivity contribution in [1.29, 1.82) is 0 Å². The van der Waals surface area contributed by atoms with Crippen molar-refractivity contribution in [1.82, 2.24) is 9.55 Å². The van der Waals surface area contributed by atoms with Crippen LogP contribution < -0.4 is 5.73 Å². The van der Waals surface area contributed by atoms with E-state index in [-0.39, 0.29) is 12.3 Å². The molecule has 0 unspecified atom stereocenters. The van der Waals surface area contributed by atoms with E-state index in [0.29, 0.717) is 17.3 Å². The van der Waals surface area contributed by atoms with Gasteiger partial charge in [-0.15, -0.1) is 11.6 Å². The molecule has 0 aliphatic carbocycles. The first-order valence-electron chi connectivity index (χ1n) is 6.37. The minimum absolute atomic E-state index is 0.222. The van der Waals surface area contributed by atoms with Crippen LogP contribution in [-0.4, -0.2) is 21.3 Å². The highest BCUT2D eigenvalue weighted by Crippen LogP contribution is 2.31. The van der Waals surface area contributed by atoms with Crippen molar-refractivity contribution in [3.05, 3.63) is 29.0 Å². The second kappa shape index (κ2) is 5.62. The number of nitrogens with two attached hydrogens (primary N) is 1. The molecule has 1 aromatic heterocycles. The summed E-state index contributed by atoms with van der Waals surface area (Å²) in [6, 6.07) is 5.61. The topological polar surface area (TPSA) is 60.9 Å². The van der Waals surface area contributed by atoms with Crippen molar-refractivity contribution in [2.24, 2.45) is 5.73 Å².